The van der Waals surface area contributed by atoms with Crippen LogP contribution in [0.1, 0.15) is 6.23 Å². The lowest BCUT2D eigenvalue weighted by Gasteiger charge is -2.25. The van der Waals surface area contributed by atoms with E-state index in [9.17, 15) is 39.4 Å². The van der Waals surface area contributed by atoms with E-state index in [4.69, 9.17) is 4.74 Å². The minimum Gasteiger partial charge on any atom is -0.467 e. The molecule has 0 spiro atoms. The maximum atomic E-state index is 12.7. The molecule has 1 aliphatic rings. The average molecular weight is 508 g/mol. The molecule has 1 saturated heterocycles. The summed E-state index contributed by atoms with van der Waals surface area (Å²) in [5.74, 6) is -5.15. The predicted octanol–water partition coefficient (Wildman–Crippen LogP) is -2.96. The molecule has 1 fully saturated rings. The summed E-state index contributed by atoms with van der Waals surface area (Å²) in [6.07, 6.45) is -2.76. The van der Waals surface area contributed by atoms with Crippen LogP contribution in [-0.2, 0) is 23.9 Å². The van der Waals surface area contributed by atoms with Gasteiger partial charge in [-0.2, -0.15) is 5.26 Å². The van der Waals surface area contributed by atoms with Gasteiger partial charge in [-0.25, -0.2) is 14.6 Å². The van der Waals surface area contributed by atoms with Gasteiger partial charge in [0.25, 0.3) is 5.56 Å². The number of nitrogens with one attached hydrogen (secondary N) is 3. The highest BCUT2D eigenvalue weighted by Crippen LogP contribution is 2.30. The second kappa shape index (κ2) is 11.1. The zero-order valence-corrected chi connectivity index (χ0v) is 18.8. The monoisotopic (exact) mass is 508 g/mol. The summed E-state index contributed by atoms with van der Waals surface area (Å²) >= 11 is 0.958. The van der Waals surface area contributed by atoms with Gasteiger partial charge in [0.2, 0.25) is 5.91 Å². The first-order chi connectivity index (χ1) is 16.7. The van der Waals surface area contributed by atoms with Gasteiger partial charge in [0.15, 0.2) is 29.1 Å². The zero-order chi connectivity index (χ0) is 25.7. The Balaban J connectivity index is 1.77. The summed E-state index contributed by atoms with van der Waals surface area (Å²) in [5, 5.41) is 32.8. The molecule has 1 unspecified atom stereocenters. The number of carbonyl (C=O) groups excluding carboxylic acids is 3. The van der Waals surface area contributed by atoms with E-state index in [0.29, 0.717) is 5.16 Å². The Morgan fingerprint density at radius 3 is 2.71 bits per heavy atom. The lowest BCUT2D eigenvalue weighted by atomic mass is 10.0. The van der Waals surface area contributed by atoms with E-state index < -0.39 is 65.4 Å². The topological polar surface area (TPSA) is 229 Å². The molecule has 6 atom stereocenters. The van der Waals surface area contributed by atoms with Crippen molar-refractivity contribution < 1.29 is 34.1 Å². The number of nitrogens with zero attached hydrogens (tertiary/aromatic N) is 3. The fourth-order valence-corrected chi connectivity index (χ4v) is 4.02. The molecule has 0 bridgehead atoms. The first-order valence-electron chi connectivity index (χ1n) is 9.93. The third kappa shape index (κ3) is 5.66. The van der Waals surface area contributed by atoms with Gasteiger partial charge in [0.1, 0.15) is 18.3 Å². The van der Waals surface area contributed by atoms with Gasteiger partial charge >= 0.3 is 11.7 Å². The van der Waals surface area contributed by atoms with Crippen LogP contribution in [0.4, 0.5) is 0 Å². The van der Waals surface area contributed by atoms with Crippen LogP contribution in [-0.4, -0.2) is 84.6 Å². The fraction of sp³-hybridized carbons (Fsp3) is 0.421. The minimum absolute atomic E-state index is 0.277. The number of thioether (sulfide) groups is 1. The number of hydrogen-bond donors (Lipinski definition) is 5. The van der Waals surface area contributed by atoms with Crippen LogP contribution in [0.3, 0.4) is 0 Å². The summed E-state index contributed by atoms with van der Waals surface area (Å²) in [7, 11) is 0.982. The van der Waals surface area contributed by atoms with Crippen LogP contribution in [0, 0.1) is 17.2 Å². The van der Waals surface area contributed by atoms with Crippen molar-refractivity contribution in [3.63, 3.8) is 0 Å². The first-order valence-corrected chi connectivity index (χ1v) is 10.9. The van der Waals surface area contributed by atoms with Crippen molar-refractivity contribution in [1.29, 1.82) is 5.26 Å². The van der Waals surface area contributed by atoms with Crippen molar-refractivity contribution in [2.24, 2.45) is 5.92 Å². The number of rotatable bonds is 9. The normalized spacial score (nSPS) is 23.1. The number of aromatic nitrogens is 4. The van der Waals surface area contributed by atoms with Gasteiger partial charge in [0.05, 0.1) is 18.9 Å². The van der Waals surface area contributed by atoms with E-state index in [1.54, 1.807) is 6.07 Å². The largest absolute Gasteiger partial charge is 0.467 e. The SMILES string of the molecule is COC(=O)[C@@H](NC(=O)C(C#N)C(=O)CSc1ncc[nH]1)[C@H]1O[C@@H](n2ccc(=O)[nH]c2=O)[C@H](O)[C@@H]1O. The molecule has 2 aromatic heterocycles. The number of hydrogen-bond acceptors (Lipinski definition) is 12. The molecule has 186 valence electrons. The number of aromatic amines is 2. The standard InChI is InChI=1S/C19H20N6O9S/c1-33-17(31)11(24-15(30)8(6-20)9(26)7-35-18-21-3-4-22-18)14-12(28)13(29)16(34-14)25-5-2-10(27)23-19(25)32/h2-5,8,11-14,16,28-29H,7H2,1H3,(H,21,22)(H,24,30)(H,23,27,32)/t8?,11-,12-,13+,14+,16+/m0/s1. The van der Waals surface area contributed by atoms with Crippen LogP contribution in [0.2, 0.25) is 0 Å². The maximum Gasteiger partial charge on any atom is 0.331 e. The number of ketones is 1. The molecule has 3 heterocycles. The fourth-order valence-electron chi connectivity index (χ4n) is 3.29. The minimum atomic E-state index is -1.81. The highest BCUT2D eigenvalue weighted by molar-refractivity contribution is 7.99. The van der Waals surface area contributed by atoms with Crippen molar-refractivity contribution in [3.8, 4) is 6.07 Å². The number of nitriles is 1. The molecule has 15 nitrogen and oxygen atoms in total. The number of methoxy groups -OCH3 is 1. The highest BCUT2D eigenvalue weighted by atomic mass is 32.2. The lowest BCUT2D eigenvalue weighted by molar-refractivity contribution is -0.153. The second-order valence-electron chi connectivity index (χ2n) is 7.21. The Morgan fingerprint density at radius 1 is 1.37 bits per heavy atom. The van der Waals surface area contributed by atoms with Crippen LogP contribution in [0.25, 0.3) is 0 Å². The van der Waals surface area contributed by atoms with E-state index in [1.165, 1.54) is 12.4 Å². The van der Waals surface area contributed by atoms with Gasteiger partial charge in [-0.3, -0.25) is 23.9 Å². The highest BCUT2D eigenvalue weighted by Gasteiger charge is 2.51. The first kappa shape index (κ1) is 25.8. The van der Waals surface area contributed by atoms with Crippen LogP contribution < -0.4 is 16.6 Å². The van der Waals surface area contributed by atoms with Gasteiger partial charge in [0, 0.05) is 24.7 Å². The quantitative estimate of drug-likeness (QED) is 0.130. The maximum absolute atomic E-state index is 12.7. The summed E-state index contributed by atoms with van der Waals surface area (Å²) in [4.78, 5) is 69.5. The molecule has 1 aliphatic heterocycles. The summed E-state index contributed by atoms with van der Waals surface area (Å²) in [6.45, 7) is 0. The number of esters is 1. The number of ether oxygens (including phenoxy) is 2. The lowest BCUT2D eigenvalue weighted by Crippen LogP contribution is -2.55. The van der Waals surface area contributed by atoms with E-state index in [-0.39, 0.29) is 5.75 Å². The molecule has 5 N–H and O–H groups in total. The molecule has 3 rings (SSSR count). The Kier molecular flexibility index (Phi) is 8.19. The molecule has 16 heteroatoms. The zero-order valence-electron chi connectivity index (χ0n) is 18.0. The van der Waals surface area contributed by atoms with Crippen molar-refractivity contribution >= 4 is 29.4 Å². The number of aliphatic hydroxyl groups is 2. The van der Waals surface area contributed by atoms with Crippen LogP contribution in [0.5, 0.6) is 0 Å². The number of H-pyrrole nitrogens is 2. The Labute approximate surface area is 200 Å². The molecule has 1 amide bonds. The van der Waals surface area contributed by atoms with E-state index in [2.05, 4.69) is 20.0 Å². The van der Waals surface area contributed by atoms with Gasteiger partial charge in [-0.1, -0.05) is 11.8 Å². The van der Waals surface area contributed by atoms with Gasteiger partial charge < -0.3 is 30.0 Å². The third-order valence-electron chi connectivity index (χ3n) is 5.02. The smallest absolute Gasteiger partial charge is 0.331 e. The predicted molar refractivity (Wildman–Crippen MR) is 115 cm³/mol. The van der Waals surface area contributed by atoms with Gasteiger partial charge in [-0.05, 0) is 0 Å². The van der Waals surface area contributed by atoms with Crippen molar-refractivity contribution in [2.45, 2.75) is 35.7 Å². The molecule has 35 heavy (non-hydrogen) atoms. The average Bonchev–Trinajstić information content (AvgIpc) is 3.45. The van der Waals surface area contributed by atoms with E-state index in [0.717, 1.165) is 35.7 Å². The molecule has 0 aromatic carbocycles. The van der Waals surface area contributed by atoms with Crippen molar-refractivity contribution in [3.05, 3.63) is 45.5 Å². The number of Topliss-reactive ketones (excluding diaryl/α,β-unsaturated/α-hetero) is 1. The molecule has 0 radical (unpaired) electrons. The summed E-state index contributed by atoms with van der Waals surface area (Å²) in [6, 6.07) is 0.773. The Hall–Kier alpha value is -3.78. The Bertz CT molecular complexity index is 1240. The molecule has 0 saturated carbocycles. The molecule has 0 aliphatic carbocycles. The number of aliphatic hydroxyl groups excluding tert-OH is 2. The third-order valence-corrected chi connectivity index (χ3v) is 5.95. The number of carbonyl (C=O) groups is 3. The van der Waals surface area contributed by atoms with Gasteiger partial charge in [-0.15, -0.1) is 0 Å². The summed E-state index contributed by atoms with van der Waals surface area (Å²) < 4.78 is 10.9. The van der Waals surface area contributed by atoms with E-state index >= 15 is 0 Å². The molecular formula is C19H20N6O9S. The molecule has 2 aromatic rings. The molecular weight excluding hydrogens is 488 g/mol. The summed E-state index contributed by atoms with van der Waals surface area (Å²) in [5.41, 5.74) is -1.68. The van der Waals surface area contributed by atoms with E-state index in [1.807, 2.05) is 4.98 Å². The number of imidazole rings is 1. The van der Waals surface area contributed by atoms with Crippen molar-refractivity contribution in [1.82, 2.24) is 24.8 Å². The number of amides is 1. The Morgan fingerprint density at radius 2 is 2.11 bits per heavy atom. The second-order valence-corrected chi connectivity index (χ2v) is 8.17. The van der Waals surface area contributed by atoms with Crippen LogP contribution in [0.15, 0.2) is 39.4 Å². The van der Waals surface area contributed by atoms with Crippen LogP contribution >= 0.6 is 11.8 Å². The van der Waals surface area contributed by atoms with Crippen molar-refractivity contribution in [2.75, 3.05) is 12.9 Å².